The van der Waals surface area contributed by atoms with Crippen molar-refractivity contribution in [3.63, 3.8) is 0 Å². The molecule has 0 spiro atoms. The van der Waals surface area contributed by atoms with Gasteiger partial charge in [0.15, 0.2) is 0 Å². The Hall–Kier alpha value is -1.57. The monoisotopic (exact) mass is 396 g/mol. The number of carbonyl (C=O) groups is 1. The summed E-state index contributed by atoms with van der Waals surface area (Å²) in [6.07, 6.45) is 2.33. The molecule has 1 aromatic heterocycles. The van der Waals surface area contributed by atoms with Crippen LogP contribution in [0.1, 0.15) is 20.3 Å². The molecule has 1 aromatic carbocycles. The van der Waals surface area contributed by atoms with Crippen LogP contribution in [0.2, 0.25) is 25.7 Å². The number of anilines is 1. The van der Waals surface area contributed by atoms with E-state index in [1.807, 2.05) is 29.8 Å². The molecule has 2 rings (SSSR count). The summed E-state index contributed by atoms with van der Waals surface area (Å²) >= 11 is 6.48. The van der Waals surface area contributed by atoms with E-state index < -0.39 is 19.1 Å². The zero-order chi connectivity index (χ0) is 19.5. The van der Waals surface area contributed by atoms with Crippen molar-refractivity contribution < 1.29 is 9.53 Å². The van der Waals surface area contributed by atoms with Crippen molar-refractivity contribution in [2.75, 3.05) is 11.5 Å². The molecule has 2 aromatic rings. The highest BCUT2D eigenvalue weighted by Crippen LogP contribution is 2.32. The van der Waals surface area contributed by atoms with Crippen molar-refractivity contribution in [3.05, 3.63) is 24.4 Å². The predicted molar refractivity (Wildman–Crippen MR) is 110 cm³/mol. The van der Waals surface area contributed by atoms with Gasteiger partial charge in [0.25, 0.3) is 0 Å². The predicted octanol–water partition coefficient (Wildman–Crippen LogP) is 4.60. The van der Waals surface area contributed by atoms with Crippen LogP contribution in [0.4, 0.5) is 10.5 Å². The first kappa shape index (κ1) is 20.7. The van der Waals surface area contributed by atoms with Crippen molar-refractivity contribution in [1.82, 2.24) is 9.78 Å². The highest BCUT2D eigenvalue weighted by atomic mass is 35.5. The molecule has 0 saturated heterocycles. The van der Waals surface area contributed by atoms with Gasteiger partial charge in [-0.25, -0.2) is 9.48 Å². The first-order valence-corrected chi connectivity index (χ1v) is 13.0. The van der Waals surface area contributed by atoms with E-state index in [0.717, 1.165) is 23.6 Å². The Morgan fingerprint density at radius 1 is 1.42 bits per heavy atom. The van der Waals surface area contributed by atoms with E-state index in [4.69, 9.17) is 22.1 Å². The lowest BCUT2D eigenvalue weighted by atomic mass is 10.1. The molecule has 2 amide bonds. The normalized spacial score (nSPS) is 14.4. The number of primary amides is 1. The minimum Gasteiger partial charge on any atom is -0.360 e. The van der Waals surface area contributed by atoms with Gasteiger partial charge in [0.05, 0.1) is 11.7 Å². The Balaban J connectivity index is 2.19. The fourth-order valence-electron chi connectivity index (χ4n) is 2.63. The average molecular weight is 397 g/mol. The maximum atomic E-state index is 11.9. The molecule has 6 nitrogen and oxygen atoms in total. The second kappa shape index (κ2) is 7.98. The Labute approximate surface area is 161 Å². The van der Waals surface area contributed by atoms with Gasteiger partial charge in [-0.3, -0.25) is 4.90 Å². The summed E-state index contributed by atoms with van der Waals surface area (Å²) in [5.41, 5.74) is 7.16. The van der Waals surface area contributed by atoms with E-state index in [-0.39, 0.29) is 0 Å². The molecular weight excluding hydrogens is 368 g/mol. The number of aromatic nitrogens is 2. The zero-order valence-electron chi connectivity index (χ0n) is 16.3. The number of urea groups is 1. The summed E-state index contributed by atoms with van der Waals surface area (Å²) in [6, 6.07) is 6.17. The van der Waals surface area contributed by atoms with Crippen LogP contribution in [0.15, 0.2) is 24.4 Å². The van der Waals surface area contributed by atoms with Crippen molar-refractivity contribution in [2.24, 2.45) is 5.73 Å². The van der Waals surface area contributed by atoms with Crippen LogP contribution in [0.5, 0.6) is 0 Å². The first-order valence-electron chi connectivity index (χ1n) is 8.87. The summed E-state index contributed by atoms with van der Waals surface area (Å²) < 4.78 is 7.60. The molecule has 2 N–H and O–H groups in total. The average Bonchev–Trinajstić information content (AvgIpc) is 2.92. The number of nitrogens with two attached hydrogens (primary N) is 1. The summed E-state index contributed by atoms with van der Waals surface area (Å²) in [6.45, 7) is 11.8. The van der Waals surface area contributed by atoms with Crippen LogP contribution < -0.4 is 10.6 Å². The standard InChI is InChI=1S/C18H29ClN4O2Si/c1-6-18(2,19)23(17(20)24)15-7-8-16-14(11-15)12-21-22(16)13-25-9-10-26(3,4)5/h7-8,11-12H,6,9-10,13H2,1-5H3,(H2,20,24). The fourth-order valence-corrected chi connectivity index (χ4v) is 3.57. The summed E-state index contributed by atoms with van der Waals surface area (Å²) in [5.74, 6) is 0. The van der Waals surface area contributed by atoms with E-state index in [2.05, 4.69) is 24.7 Å². The topological polar surface area (TPSA) is 73.4 Å². The van der Waals surface area contributed by atoms with Crippen LogP contribution in [-0.2, 0) is 11.5 Å². The highest BCUT2D eigenvalue weighted by molar-refractivity contribution is 6.76. The molecule has 0 radical (unpaired) electrons. The van der Waals surface area contributed by atoms with Gasteiger partial charge in [0.1, 0.15) is 11.7 Å². The number of benzene rings is 1. The summed E-state index contributed by atoms with van der Waals surface area (Å²) in [7, 11) is -1.10. The van der Waals surface area contributed by atoms with Crippen molar-refractivity contribution in [1.29, 1.82) is 0 Å². The molecule has 0 aliphatic heterocycles. The molecule has 0 bridgehead atoms. The second-order valence-corrected chi connectivity index (χ2v) is 14.3. The van der Waals surface area contributed by atoms with E-state index in [9.17, 15) is 4.79 Å². The number of rotatable bonds is 8. The molecule has 0 aliphatic carbocycles. The third-order valence-corrected chi connectivity index (χ3v) is 6.57. The van der Waals surface area contributed by atoms with Gasteiger partial charge in [0.2, 0.25) is 0 Å². The second-order valence-electron chi connectivity index (χ2n) is 7.90. The Bertz CT molecular complexity index is 770. The Morgan fingerprint density at radius 3 is 2.69 bits per heavy atom. The van der Waals surface area contributed by atoms with Gasteiger partial charge in [-0.2, -0.15) is 5.10 Å². The van der Waals surface area contributed by atoms with Crippen LogP contribution in [-0.4, -0.2) is 35.5 Å². The van der Waals surface area contributed by atoms with E-state index in [1.54, 1.807) is 13.1 Å². The van der Waals surface area contributed by atoms with Gasteiger partial charge >= 0.3 is 6.03 Å². The molecule has 0 aliphatic rings. The molecule has 0 saturated carbocycles. The number of nitrogens with zero attached hydrogens (tertiary/aromatic N) is 3. The lowest BCUT2D eigenvalue weighted by Gasteiger charge is -2.34. The van der Waals surface area contributed by atoms with Crippen LogP contribution >= 0.6 is 11.6 Å². The quantitative estimate of drug-likeness (QED) is 0.306. The minimum absolute atomic E-state index is 0.412. The van der Waals surface area contributed by atoms with Gasteiger partial charge in [-0.05, 0) is 37.6 Å². The number of ether oxygens (including phenoxy) is 1. The number of alkyl halides is 1. The van der Waals surface area contributed by atoms with E-state index >= 15 is 0 Å². The van der Waals surface area contributed by atoms with Crippen LogP contribution in [0.25, 0.3) is 10.9 Å². The molecule has 1 atom stereocenters. The Morgan fingerprint density at radius 2 is 2.12 bits per heavy atom. The zero-order valence-corrected chi connectivity index (χ0v) is 18.0. The number of carbonyl (C=O) groups excluding carboxylic acids is 1. The summed E-state index contributed by atoms with van der Waals surface area (Å²) in [5, 5.41) is 5.30. The minimum atomic E-state index is -1.10. The lowest BCUT2D eigenvalue weighted by molar-refractivity contribution is 0.0817. The highest BCUT2D eigenvalue weighted by Gasteiger charge is 2.32. The fraction of sp³-hybridized carbons (Fsp3) is 0.556. The lowest BCUT2D eigenvalue weighted by Crippen LogP contribution is -2.48. The third-order valence-electron chi connectivity index (χ3n) is 4.43. The molecule has 1 unspecified atom stereocenters. The van der Waals surface area contributed by atoms with Crippen LogP contribution in [0, 0.1) is 0 Å². The summed E-state index contributed by atoms with van der Waals surface area (Å²) in [4.78, 5) is 12.5. The van der Waals surface area contributed by atoms with Gasteiger partial charge in [-0.1, -0.05) is 38.2 Å². The number of halogens is 1. The van der Waals surface area contributed by atoms with Gasteiger partial charge in [0, 0.05) is 25.8 Å². The smallest absolute Gasteiger partial charge is 0.320 e. The third kappa shape index (κ3) is 4.99. The number of hydrogen-bond acceptors (Lipinski definition) is 3. The SMILES string of the molecule is CCC(C)(Cl)N(C(N)=O)c1ccc2c(cnn2COCC[Si](C)(C)C)c1. The molecule has 1 heterocycles. The maximum absolute atomic E-state index is 11.9. The number of amides is 2. The molecule has 8 heteroatoms. The van der Waals surface area contributed by atoms with Gasteiger partial charge < -0.3 is 10.5 Å². The maximum Gasteiger partial charge on any atom is 0.320 e. The van der Waals surface area contributed by atoms with Gasteiger partial charge in [-0.15, -0.1) is 0 Å². The van der Waals surface area contributed by atoms with Crippen molar-refractivity contribution in [3.8, 4) is 0 Å². The Kier molecular flexibility index (Phi) is 6.36. The van der Waals surface area contributed by atoms with E-state index in [1.165, 1.54) is 4.90 Å². The molecular formula is C18H29ClN4O2Si. The van der Waals surface area contributed by atoms with Crippen LogP contribution in [0.3, 0.4) is 0 Å². The first-order chi connectivity index (χ1) is 12.0. The van der Waals surface area contributed by atoms with E-state index in [0.29, 0.717) is 18.8 Å². The molecule has 144 valence electrons. The van der Waals surface area contributed by atoms with Crippen molar-refractivity contribution >= 4 is 42.3 Å². The molecule has 26 heavy (non-hydrogen) atoms. The largest absolute Gasteiger partial charge is 0.360 e. The van der Waals surface area contributed by atoms with Crippen molar-refractivity contribution in [2.45, 2.75) is 57.7 Å². The number of fused-ring (bicyclic) bond motifs is 1. The molecule has 0 fully saturated rings. The number of hydrogen-bond donors (Lipinski definition) is 1.